The third-order valence-corrected chi connectivity index (χ3v) is 4.06. The Balaban J connectivity index is 2.13. The quantitative estimate of drug-likeness (QED) is 0.463. The van der Waals surface area contributed by atoms with Crippen molar-refractivity contribution in [2.75, 3.05) is 0 Å². The minimum Gasteiger partial charge on any atom is -0.354 e. The van der Waals surface area contributed by atoms with Crippen LogP contribution in [0.5, 0.6) is 0 Å². The van der Waals surface area contributed by atoms with Crippen molar-refractivity contribution in [2.24, 2.45) is 0 Å². The van der Waals surface area contributed by atoms with E-state index in [1.807, 2.05) is 0 Å². The van der Waals surface area contributed by atoms with Gasteiger partial charge in [0.15, 0.2) is 0 Å². The molecule has 0 aliphatic carbocycles. The minimum absolute atomic E-state index is 1.20. The summed E-state index contributed by atoms with van der Waals surface area (Å²) in [5.41, 5.74) is 7.61. The molecule has 0 saturated carbocycles. The molecular formula is C20H17N. The Labute approximate surface area is 124 Å². The van der Waals surface area contributed by atoms with Gasteiger partial charge in [-0.3, -0.25) is 0 Å². The Kier molecular flexibility index (Phi) is 2.61. The molecular weight excluding hydrogens is 254 g/mol. The average molecular weight is 271 g/mol. The van der Waals surface area contributed by atoms with Gasteiger partial charge in [-0.2, -0.15) is 0 Å². The second-order valence-corrected chi connectivity index (χ2v) is 5.78. The fourth-order valence-electron chi connectivity index (χ4n) is 3.27. The summed E-state index contributed by atoms with van der Waals surface area (Å²) in [6.45, 7) is 4.32. The van der Waals surface area contributed by atoms with Crippen LogP contribution in [-0.4, -0.2) is 4.98 Å². The maximum absolute atomic E-state index is 3.52. The summed E-state index contributed by atoms with van der Waals surface area (Å²) in [5.74, 6) is 0. The smallest absolute Gasteiger partial charge is 0.0471 e. The Hall–Kier alpha value is -2.54. The molecule has 4 rings (SSSR count). The lowest BCUT2D eigenvalue weighted by Crippen LogP contribution is -1.84. The van der Waals surface area contributed by atoms with Crippen molar-refractivity contribution in [3.8, 4) is 11.1 Å². The van der Waals surface area contributed by atoms with Crippen LogP contribution >= 0.6 is 0 Å². The van der Waals surface area contributed by atoms with E-state index in [1.165, 1.54) is 44.1 Å². The number of benzene rings is 3. The predicted octanol–water partition coefficient (Wildman–Crippen LogP) is 5.60. The average Bonchev–Trinajstić information content (AvgIpc) is 2.84. The van der Waals surface area contributed by atoms with Crippen LogP contribution in [0.3, 0.4) is 0 Å². The van der Waals surface area contributed by atoms with E-state index in [2.05, 4.69) is 79.5 Å². The highest BCUT2D eigenvalue weighted by molar-refractivity contribution is 6.14. The van der Waals surface area contributed by atoms with Gasteiger partial charge >= 0.3 is 0 Å². The number of nitrogens with one attached hydrogen (secondary N) is 1. The van der Waals surface area contributed by atoms with Crippen LogP contribution in [0.4, 0.5) is 0 Å². The molecule has 1 heteroatoms. The van der Waals surface area contributed by atoms with Crippen LogP contribution in [-0.2, 0) is 0 Å². The molecule has 0 amide bonds. The number of aromatic amines is 1. The lowest BCUT2D eigenvalue weighted by Gasteiger charge is -2.07. The minimum atomic E-state index is 1.20. The zero-order valence-corrected chi connectivity index (χ0v) is 12.3. The molecule has 0 aliphatic rings. The number of hydrogen-bond acceptors (Lipinski definition) is 0. The predicted molar refractivity (Wildman–Crippen MR) is 90.7 cm³/mol. The molecule has 3 aromatic carbocycles. The highest BCUT2D eigenvalue weighted by atomic mass is 14.7. The number of fused-ring (bicyclic) bond motifs is 3. The van der Waals surface area contributed by atoms with E-state index in [0.29, 0.717) is 0 Å². The van der Waals surface area contributed by atoms with Crippen molar-refractivity contribution in [3.05, 3.63) is 71.8 Å². The standard InChI is InChI=1S/C20H17N/c1-13-10-14(2)12-15(11-13)16-7-5-9-19-20(16)17-6-3-4-8-18(17)21-19/h3-12,21H,1-2H3. The van der Waals surface area contributed by atoms with Crippen molar-refractivity contribution in [1.82, 2.24) is 4.98 Å². The van der Waals surface area contributed by atoms with Gasteiger partial charge in [0.05, 0.1) is 0 Å². The first kappa shape index (κ1) is 12.2. The molecule has 21 heavy (non-hydrogen) atoms. The van der Waals surface area contributed by atoms with Crippen molar-refractivity contribution in [1.29, 1.82) is 0 Å². The van der Waals surface area contributed by atoms with Crippen molar-refractivity contribution >= 4 is 21.8 Å². The molecule has 0 bridgehead atoms. The summed E-state index contributed by atoms with van der Waals surface area (Å²) < 4.78 is 0. The zero-order valence-electron chi connectivity index (χ0n) is 12.3. The van der Waals surface area contributed by atoms with Crippen molar-refractivity contribution in [2.45, 2.75) is 13.8 Å². The summed E-state index contributed by atoms with van der Waals surface area (Å²) in [5, 5.41) is 2.61. The normalized spacial score (nSPS) is 11.3. The molecule has 0 spiro atoms. The summed E-state index contributed by atoms with van der Waals surface area (Å²) >= 11 is 0. The molecule has 0 unspecified atom stereocenters. The molecule has 0 radical (unpaired) electrons. The topological polar surface area (TPSA) is 15.8 Å². The molecule has 1 aromatic heterocycles. The van der Waals surface area contributed by atoms with Crippen LogP contribution in [0.1, 0.15) is 11.1 Å². The number of aromatic nitrogens is 1. The van der Waals surface area contributed by atoms with Crippen molar-refractivity contribution in [3.63, 3.8) is 0 Å². The summed E-state index contributed by atoms with van der Waals surface area (Å²) in [6.07, 6.45) is 0. The van der Waals surface area contributed by atoms with Gasteiger partial charge in [0.2, 0.25) is 0 Å². The monoisotopic (exact) mass is 271 g/mol. The van der Waals surface area contributed by atoms with E-state index >= 15 is 0 Å². The Morgan fingerprint density at radius 1 is 0.714 bits per heavy atom. The summed E-state index contributed by atoms with van der Waals surface area (Å²) in [6, 6.07) is 21.8. The van der Waals surface area contributed by atoms with E-state index in [4.69, 9.17) is 0 Å². The fraction of sp³-hybridized carbons (Fsp3) is 0.100. The maximum atomic E-state index is 3.52. The van der Waals surface area contributed by atoms with Gasteiger partial charge < -0.3 is 4.98 Å². The molecule has 102 valence electrons. The molecule has 1 nitrogen and oxygen atoms in total. The second kappa shape index (κ2) is 4.49. The Bertz CT molecular complexity index is 940. The highest BCUT2D eigenvalue weighted by Gasteiger charge is 2.10. The molecule has 0 atom stereocenters. The van der Waals surface area contributed by atoms with Gasteiger partial charge in [0, 0.05) is 21.8 Å². The first-order chi connectivity index (χ1) is 10.2. The van der Waals surface area contributed by atoms with E-state index < -0.39 is 0 Å². The zero-order chi connectivity index (χ0) is 14.4. The Morgan fingerprint density at radius 3 is 2.24 bits per heavy atom. The largest absolute Gasteiger partial charge is 0.354 e. The van der Waals surface area contributed by atoms with Crippen LogP contribution in [0.2, 0.25) is 0 Å². The third-order valence-electron chi connectivity index (χ3n) is 4.06. The van der Waals surface area contributed by atoms with Crippen LogP contribution in [0, 0.1) is 13.8 Å². The molecule has 0 saturated heterocycles. The van der Waals surface area contributed by atoms with Gasteiger partial charge in [-0.15, -0.1) is 0 Å². The first-order valence-corrected chi connectivity index (χ1v) is 7.30. The van der Waals surface area contributed by atoms with E-state index in [0.717, 1.165) is 0 Å². The molecule has 1 N–H and O–H groups in total. The van der Waals surface area contributed by atoms with Gasteiger partial charge in [0.1, 0.15) is 0 Å². The van der Waals surface area contributed by atoms with E-state index in [9.17, 15) is 0 Å². The van der Waals surface area contributed by atoms with E-state index in [1.54, 1.807) is 0 Å². The van der Waals surface area contributed by atoms with Crippen molar-refractivity contribution < 1.29 is 0 Å². The van der Waals surface area contributed by atoms with Gasteiger partial charge in [-0.1, -0.05) is 59.7 Å². The number of para-hydroxylation sites is 1. The Morgan fingerprint density at radius 2 is 1.43 bits per heavy atom. The summed E-state index contributed by atoms with van der Waals surface area (Å²) in [7, 11) is 0. The first-order valence-electron chi connectivity index (χ1n) is 7.30. The van der Waals surface area contributed by atoms with Gasteiger partial charge in [-0.25, -0.2) is 0 Å². The number of aryl methyl sites for hydroxylation is 2. The lowest BCUT2D eigenvalue weighted by atomic mass is 9.96. The van der Waals surface area contributed by atoms with Crippen LogP contribution < -0.4 is 0 Å². The fourth-order valence-corrected chi connectivity index (χ4v) is 3.27. The van der Waals surface area contributed by atoms with E-state index in [-0.39, 0.29) is 0 Å². The maximum Gasteiger partial charge on any atom is 0.0471 e. The lowest BCUT2D eigenvalue weighted by molar-refractivity contribution is 1.39. The number of hydrogen-bond donors (Lipinski definition) is 1. The number of rotatable bonds is 1. The molecule has 1 heterocycles. The SMILES string of the molecule is Cc1cc(C)cc(-c2cccc3[nH]c4ccccc4c23)c1. The molecule has 0 aliphatic heterocycles. The molecule has 0 fully saturated rings. The van der Waals surface area contributed by atoms with Gasteiger partial charge in [0.25, 0.3) is 0 Å². The van der Waals surface area contributed by atoms with Crippen LogP contribution in [0.15, 0.2) is 60.7 Å². The van der Waals surface area contributed by atoms with Crippen LogP contribution in [0.25, 0.3) is 32.9 Å². The second-order valence-electron chi connectivity index (χ2n) is 5.78. The number of H-pyrrole nitrogens is 1. The third kappa shape index (κ3) is 1.93. The molecule has 4 aromatic rings. The summed E-state index contributed by atoms with van der Waals surface area (Å²) in [4.78, 5) is 3.52. The highest BCUT2D eigenvalue weighted by Crippen LogP contribution is 2.35. The van der Waals surface area contributed by atoms with Gasteiger partial charge in [-0.05, 0) is 37.1 Å².